The molecule has 0 aliphatic rings. The molecule has 8 heteroatoms. The first-order valence-corrected chi connectivity index (χ1v) is 10.8. The van der Waals surface area contributed by atoms with Gasteiger partial charge in [0.2, 0.25) is 5.91 Å². The number of methoxy groups -OCH3 is 1. The molecule has 6 nitrogen and oxygen atoms in total. The number of thiophene rings is 1. The van der Waals surface area contributed by atoms with E-state index in [2.05, 4.69) is 28.6 Å². The van der Waals surface area contributed by atoms with Crippen LogP contribution in [0.1, 0.15) is 24.8 Å². The second kappa shape index (κ2) is 9.25. The summed E-state index contributed by atoms with van der Waals surface area (Å²) in [4.78, 5) is 15.4. The van der Waals surface area contributed by atoms with Gasteiger partial charge in [-0.15, -0.1) is 21.5 Å². The third-order valence-electron chi connectivity index (χ3n) is 4.25. The van der Waals surface area contributed by atoms with Gasteiger partial charge in [0, 0.05) is 23.5 Å². The molecular formula is C20H24N4O2S2. The molecule has 1 amide bonds. The van der Waals surface area contributed by atoms with Gasteiger partial charge in [0.15, 0.2) is 11.0 Å². The first-order chi connectivity index (χ1) is 13.5. The highest BCUT2D eigenvalue weighted by Gasteiger charge is 2.19. The maximum absolute atomic E-state index is 12.5. The number of amides is 1. The molecular weight excluding hydrogens is 392 g/mol. The van der Waals surface area contributed by atoms with Gasteiger partial charge in [0.05, 0.1) is 19.4 Å². The number of benzene rings is 1. The zero-order chi connectivity index (χ0) is 20.1. The van der Waals surface area contributed by atoms with Gasteiger partial charge >= 0.3 is 0 Å². The number of hydrogen-bond donors (Lipinski definition) is 0. The first-order valence-electron chi connectivity index (χ1n) is 8.98. The zero-order valence-electron chi connectivity index (χ0n) is 16.5. The van der Waals surface area contributed by atoms with Crippen LogP contribution in [0.5, 0.6) is 5.75 Å². The van der Waals surface area contributed by atoms with Crippen LogP contribution in [0, 0.1) is 0 Å². The van der Waals surface area contributed by atoms with Crippen molar-refractivity contribution in [2.45, 2.75) is 31.6 Å². The Morgan fingerprint density at radius 2 is 2.00 bits per heavy atom. The molecule has 28 heavy (non-hydrogen) atoms. The van der Waals surface area contributed by atoms with Crippen LogP contribution in [0.4, 0.5) is 0 Å². The van der Waals surface area contributed by atoms with Crippen LogP contribution in [0.3, 0.4) is 0 Å². The molecule has 0 spiro atoms. The summed E-state index contributed by atoms with van der Waals surface area (Å²) in [5, 5.41) is 11.5. The van der Waals surface area contributed by atoms with Crippen LogP contribution < -0.4 is 4.74 Å². The van der Waals surface area contributed by atoms with Gasteiger partial charge in [-0.05, 0) is 49.6 Å². The second-order valence-corrected chi connectivity index (χ2v) is 8.59. The Hall–Kier alpha value is -2.32. The minimum atomic E-state index is 0.0719. The summed E-state index contributed by atoms with van der Waals surface area (Å²) < 4.78 is 7.29. The lowest BCUT2D eigenvalue weighted by Crippen LogP contribution is -2.27. The monoisotopic (exact) mass is 416 g/mol. The summed E-state index contributed by atoms with van der Waals surface area (Å²) >= 11 is 3.08. The van der Waals surface area contributed by atoms with Gasteiger partial charge in [-0.25, -0.2) is 0 Å². The van der Waals surface area contributed by atoms with Crippen molar-refractivity contribution in [1.82, 2.24) is 19.7 Å². The van der Waals surface area contributed by atoms with Crippen molar-refractivity contribution >= 4 is 29.0 Å². The summed E-state index contributed by atoms with van der Waals surface area (Å²) in [5.74, 6) is 1.99. The average molecular weight is 417 g/mol. The number of rotatable bonds is 8. The van der Waals surface area contributed by atoms with Gasteiger partial charge in [-0.1, -0.05) is 17.8 Å². The van der Waals surface area contributed by atoms with E-state index in [0.717, 1.165) is 22.3 Å². The Bertz CT molecular complexity index is 905. The maximum Gasteiger partial charge on any atom is 0.233 e. The average Bonchev–Trinajstić information content (AvgIpc) is 3.35. The molecule has 0 unspecified atom stereocenters. The Morgan fingerprint density at radius 3 is 2.61 bits per heavy atom. The summed E-state index contributed by atoms with van der Waals surface area (Å²) in [6.45, 7) is 4.81. The second-order valence-electron chi connectivity index (χ2n) is 6.62. The molecule has 1 aromatic carbocycles. The minimum Gasteiger partial charge on any atom is -0.497 e. The van der Waals surface area contributed by atoms with Crippen molar-refractivity contribution in [3.05, 3.63) is 46.7 Å². The largest absolute Gasteiger partial charge is 0.497 e. The Morgan fingerprint density at radius 1 is 1.25 bits per heavy atom. The van der Waals surface area contributed by atoms with Crippen molar-refractivity contribution in [3.8, 4) is 17.1 Å². The van der Waals surface area contributed by atoms with Crippen molar-refractivity contribution < 1.29 is 9.53 Å². The highest BCUT2D eigenvalue weighted by atomic mass is 32.2. The fraction of sp³-hybridized carbons (Fsp3) is 0.350. The molecule has 0 atom stereocenters. The maximum atomic E-state index is 12.5. The number of hydrogen-bond acceptors (Lipinski definition) is 6. The summed E-state index contributed by atoms with van der Waals surface area (Å²) in [7, 11) is 3.48. The van der Waals surface area contributed by atoms with Crippen LogP contribution in [0.2, 0.25) is 0 Å². The smallest absolute Gasteiger partial charge is 0.233 e. The van der Waals surface area contributed by atoms with Crippen LogP contribution in [-0.2, 0) is 11.3 Å². The van der Waals surface area contributed by atoms with Crippen molar-refractivity contribution in [1.29, 1.82) is 0 Å². The summed E-state index contributed by atoms with van der Waals surface area (Å²) in [5.41, 5.74) is 0.968. The third kappa shape index (κ3) is 4.74. The van der Waals surface area contributed by atoms with Crippen molar-refractivity contribution in [3.63, 3.8) is 0 Å². The minimum absolute atomic E-state index is 0.0719. The molecule has 0 saturated carbocycles. The van der Waals surface area contributed by atoms with Crippen LogP contribution >= 0.6 is 23.1 Å². The Kier molecular flexibility index (Phi) is 6.74. The molecule has 2 heterocycles. The molecule has 3 aromatic rings. The first kappa shape index (κ1) is 20.4. The zero-order valence-corrected chi connectivity index (χ0v) is 18.1. The van der Waals surface area contributed by atoms with E-state index in [1.54, 1.807) is 23.3 Å². The fourth-order valence-electron chi connectivity index (χ4n) is 2.74. The van der Waals surface area contributed by atoms with Gasteiger partial charge in [-0.3, -0.25) is 9.36 Å². The van der Waals surface area contributed by atoms with E-state index in [1.807, 2.05) is 48.8 Å². The standard InChI is InChI=1S/C20H24N4O2S2/c1-14(2)24-19(15-7-9-16(26-4)10-8-15)21-22-20(24)28-13-18(25)23(3)12-17-6-5-11-27-17/h5-11,14H,12-13H2,1-4H3. The van der Waals surface area contributed by atoms with E-state index < -0.39 is 0 Å². The highest BCUT2D eigenvalue weighted by molar-refractivity contribution is 7.99. The van der Waals surface area contributed by atoms with Crippen LogP contribution in [-0.4, -0.2) is 45.5 Å². The Balaban J connectivity index is 1.71. The third-order valence-corrected chi connectivity index (χ3v) is 6.04. The number of ether oxygens (including phenoxy) is 1. The van der Waals surface area contributed by atoms with E-state index in [1.165, 1.54) is 16.6 Å². The molecule has 0 bridgehead atoms. The van der Waals surface area contributed by atoms with Gasteiger partial charge in [0.25, 0.3) is 0 Å². The summed E-state index contributed by atoms with van der Waals surface area (Å²) in [6.07, 6.45) is 0. The predicted octanol–water partition coefficient (Wildman–Crippen LogP) is 4.35. The number of nitrogens with zero attached hydrogens (tertiary/aromatic N) is 4. The molecule has 0 aliphatic carbocycles. The molecule has 0 fully saturated rings. The van der Waals surface area contributed by atoms with E-state index in [-0.39, 0.29) is 11.9 Å². The molecule has 2 aromatic heterocycles. The molecule has 148 valence electrons. The predicted molar refractivity (Wildman–Crippen MR) is 114 cm³/mol. The topological polar surface area (TPSA) is 60.3 Å². The molecule has 0 N–H and O–H groups in total. The van der Waals surface area contributed by atoms with Crippen molar-refractivity contribution in [2.75, 3.05) is 19.9 Å². The Labute approximate surface area is 173 Å². The number of carbonyl (C=O) groups is 1. The van der Waals surface area contributed by atoms with E-state index in [9.17, 15) is 4.79 Å². The molecule has 0 saturated heterocycles. The summed E-state index contributed by atoms with van der Waals surface area (Å²) in [6, 6.07) is 12.0. The van der Waals surface area contributed by atoms with Gasteiger partial charge < -0.3 is 9.64 Å². The normalized spacial score (nSPS) is 11.0. The van der Waals surface area contributed by atoms with Gasteiger partial charge in [0.1, 0.15) is 5.75 Å². The number of thioether (sulfide) groups is 1. The molecule has 3 rings (SSSR count). The SMILES string of the molecule is COc1ccc(-c2nnc(SCC(=O)N(C)Cc3cccs3)n2C(C)C)cc1. The highest BCUT2D eigenvalue weighted by Crippen LogP contribution is 2.29. The van der Waals surface area contributed by atoms with E-state index in [4.69, 9.17) is 4.74 Å². The van der Waals surface area contributed by atoms with E-state index >= 15 is 0 Å². The number of carbonyl (C=O) groups excluding carboxylic acids is 1. The lowest BCUT2D eigenvalue weighted by molar-refractivity contribution is -0.127. The van der Waals surface area contributed by atoms with Gasteiger partial charge in [-0.2, -0.15) is 0 Å². The van der Waals surface area contributed by atoms with Crippen molar-refractivity contribution in [2.24, 2.45) is 0 Å². The lowest BCUT2D eigenvalue weighted by atomic mass is 10.2. The number of aromatic nitrogens is 3. The fourth-order valence-corrected chi connectivity index (χ4v) is 4.50. The lowest BCUT2D eigenvalue weighted by Gasteiger charge is -2.17. The van der Waals surface area contributed by atoms with E-state index in [0.29, 0.717) is 12.3 Å². The molecule has 0 radical (unpaired) electrons. The quantitative estimate of drug-likeness (QED) is 0.511. The van der Waals surface area contributed by atoms with Crippen LogP contribution in [0.25, 0.3) is 11.4 Å². The van der Waals surface area contributed by atoms with Crippen LogP contribution in [0.15, 0.2) is 46.9 Å². The molecule has 0 aliphatic heterocycles.